The number of imidazole rings is 1. The molecule has 0 aliphatic carbocycles. The average molecular weight is 584 g/mol. The van der Waals surface area contributed by atoms with Crippen molar-refractivity contribution in [2.45, 2.75) is 31.0 Å². The summed E-state index contributed by atoms with van der Waals surface area (Å²) in [6.07, 6.45) is -0.509. The summed E-state index contributed by atoms with van der Waals surface area (Å²) in [6, 6.07) is 7.88. The van der Waals surface area contributed by atoms with Crippen molar-refractivity contribution in [1.82, 2.24) is 24.3 Å². The number of halogens is 3. The summed E-state index contributed by atoms with van der Waals surface area (Å²) in [5.74, 6) is -0.487. The number of nitrogens with one attached hydrogen (secondary N) is 1. The first kappa shape index (κ1) is 29.0. The van der Waals surface area contributed by atoms with Crippen LogP contribution in [0, 0.1) is 0 Å². The zero-order valence-electron chi connectivity index (χ0n) is 22.5. The van der Waals surface area contributed by atoms with Crippen LogP contribution in [0.3, 0.4) is 0 Å². The van der Waals surface area contributed by atoms with Gasteiger partial charge >= 0.3 is 6.18 Å². The molecule has 1 fully saturated rings. The first-order chi connectivity index (χ1) is 20.0. The number of nitrogens with two attached hydrogens (primary N) is 1. The summed E-state index contributed by atoms with van der Waals surface area (Å²) in [5.41, 5.74) is 7.13. The Hall–Kier alpha value is -4.56. The summed E-state index contributed by atoms with van der Waals surface area (Å²) in [7, 11) is 1.52. The number of carbonyl (C=O) groups is 2. The number of piperidine rings is 1. The Labute approximate surface area is 238 Å². The molecule has 4 N–H and O–H groups in total. The molecule has 0 bridgehead atoms. The molecule has 42 heavy (non-hydrogen) atoms. The minimum Gasteiger partial charge on any atom is -0.391 e. The zero-order chi connectivity index (χ0) is 30.0. The molecule has 2 unspecified atom stereocenters. The van der Waals surface area contributed by atoms with Gasteiger partial charge in [0.05, 0.1) is 24.7 Å². The summed E-state index contributed by atoms with van der Waals surface area (Å²) in [6.45, 7) is 0.848. The SMILES string of the molecule is COCCC(=O)N1CC(O)CC(c2nc(-c3ccc(C(=O)Nc4cc(C(F)(F)F)ccn4)cc3)c3c(N)nccn23)C1. The van der Waals surface area contributed by atoms with Gasteiger partial charge in [-0.3, -0.25) is 14.0 Å². The Bertz CT molecular complexity index is 1610. The normalized spacial score (nSPS) is 17.4. The lowest BCUT2D eigenvalue weighted by molar-refractivity contribution is -0.137. The highest BCUT2D eigenvalue weighted by Gasteiger charge is 2.33. The smallest absolute Gasteiger partial charge is 0.391 e. The summed E-state index contributed by atoms with van der Waals surface area (Å²) in [5, 5.41) is 13.0. The lowest BCUT2D eigenvalue weighted by Gasteiger charge is -2.35. The highest BCUT2D eigenvalue weighted by atomic mass is 19.4. The van der Waals surface area contributed by atoms with Crippen LogP contribution in [0.25, 0.3) is 16.8 Å². The molecule has 220 valence electrons. The van der Waals surface area contributed by atoms with Crippen molar-refractivity contribution in [1.29, 1.82) is 0 Å². The number of hydrogen-bond acceptors (Lipinski definition) is 8. The molecular formula is C28H28F3N7O4. The molecule has 1 aliphatic rings. The minimum absolute atomic E-state index is 0.128. The molecule has 1 aromatic carbocycles. The zero-order valence-corrected chi connectivity index (χ0v) is 22.5. The van der Waals surface area contributed by atoms with Crippen molar-refractivity contribution in [2.75, 3.05) is 37.9 Å². The number of pyridine rings is 1. The van der Waals surface area contributed by atoms with E-state index in [9.17, 15) is 27.9 Å². The third kappa shape index (κ3) is 6.04. The molecule has 2 atom stereocenters. The van der Waals surface area contributed by atoms with Gasteiger partial charge in [-0.25, -0.2) is 15.0 Å². The Kier molecular flexibility index (Phi) is 8.09. The maximum atomic E-state index is 13.0. The number of fused-ring (bicyclic) bond motifs is 1. The number of nitrogen functional groups attached to an aromatic ring is 1. The van der Waals surface area contributed by atoms with Gasteiger partial charge in [0.15, 0.2) is 0 Å². The first-order valence-corrected chi connectivity index (χ1v) is 13.1. The van der Waals surface area contributed by atoms with Crippen LogP contribution in [0.4, 0.5) is 24.8 Å². The molecule has 1 aliphatic heterocycles. The first-order valence-electron chi connectivity index (χ1n) is 13.1. The quantitative estimate of drug-likeness (QED) is 0.300. The van der Waals surface area contributed by atoms with Crippen molar-refractivity contribution >= 4 is 29.0 Å². The van der Waals surface area contributed by atoms with Gasteiger partial charge in [0.1, 0.15) is 28.7 Å². The van der Waals surface area contributed by atoms with E-state index in [2.05, 4.69) is 15.3 Å². The van der Waals surface area contributed by atoms with Crippen LogP contribution < -0.4 is 11.1 Å². The van der Waals surface area contributed by atoms with Crippen molar-refractivity contribution in [3.05, 3.63) is 71.9 Å². The van der Waals surface area contributed by atoms with Crippen molar-refractivity contribution in [3.63, 3.8) is 0 Å². The molecule has 3 aromatic heterocycles. The molecule has 14 heteroatoms. The topological polar surface area (TPSA) is 148 Å². The predicted octanol–water partition coefficient (Wildman–Crippen LogP) is 3.36. The second-order valence-electron chi connectivity index (χ2n) is 9.94. The van der Waals surface area contributed by atoms with Crippen LogP contribution in [0.2, 0.25) is 0 Å². The van der Waals surface area contributed by atoms with Gasteiger partial charge in [-0.05, 0) is 30.7 Å². The molecule has 0 spiro atoms. The van der Waals surface area contributed by atoms with E-state index in [-0.39, 0.29) is 48.6 Å². The lowest BCUT2D eigenvalue weighted by Crippen LogP contribution is -2.46. The van der Waals surface area contributed by atoms with Crippen LogP contribution in [-0.2, 0) is 15.7 Å². The van der Waals surface area contributed by atoms with Gasteiger partial charge < -0.3 is 25.8 Å². The molecule has 5 rings (SSSR count). The van der Waals surface area contributed by atoms with E-state index in [1.807, 2.05) is 0 Å². The Morgan fingerprint density at radius 3 is 2.62 bits per heavy atom. The number of anilines is 2. The number of benzene rings is 1. The number of aliphatic hydroxyl groups is 1. The minimum atomic E-state index is -4.57. The summed E-state index contributed by atoms with van der Waals surface area (Å²) in [4.78, 5) is 39.9. The van der Waals surface area contributed by atoms with E-state index in [0.717, 1.165) is 18.3 Å². The van der Waals surface area contributed by atoms with Crippen LogP contribution in [-0.4, -0.2) is 74.1 Å². The Morgan fingerprint density at radius 2 is 1.90 bits per heavy atom. The van der Waals surface area contributed by atoms with Crippen LogP contribution >= 0.6 is 0 Å². The van der Waals surface area contributed by atoms with E-state index in [1.165, 1.54) is 25.4 Å². The number of aromatic nitrogens is 4. The number of rotatable bonds is 7. The third-order valence-electron chi connectivity index (χ3n) is 7.03. The van der Waals surface area contributed by atoms with E-state index in [0.29, 0.717) is 35.6 Å². The van der Waals surface area contributed by atoms with E-state index >= 15 is 0 Å². The van der Waals surface area contributed by atoms with Gasteiger partial charge in [-0.1, -0.05) is 12.1 Å². The Balaban J connectivity index is 1.42. The van der Waals surface area contributed by atoms with Crippen molar-refractivity contribution in [2.24, 2.45) is 0 Å². The number of hydrogen-bond donors (Lipinski definition) is 3. The second kappa shape index (κ2) is 11.7. The molecule has 0 saturated carbocycles. The number of likely N-dealkylation sites (tertiary alicyclic amines) is 1. The fourth-order valence-electron chi connectivity index (χ4n) is 5.03. The van der Waals surface area contributed by atoms with Gasteiger partial charge in [-0.15, -0.1) is 0 Å². The highest BCUT2D eigenvalue weighted by Crippen LogP contribution is 2.34. The number of alkyl halides is 3. The average Bonchev–Trinajstić information content (AvgIpc) is 3.36. The maximum Gasteiger partial charge on any atom is 0.416 e. The molecule has 4 aromatic rings. The fraction of sp³-hybridized carbons (Fsp3) is 0.321. The van der Waals surface area contributed by atoms with Gasteiger partial charge in [0.2, 0.25) is 5.91 Å². The summed E-state index contributed by atoms with van der Waals surface area (Å²) < 4.78 is 45.9. The van der Waals surface area contributed by atoms with Gasteiger partial charge in [0, 0.05) is 55.8 Å². The van der Waals surface area contributed by atoms with Gasteiger partial charge in [0.25, 0.3) is 5.91 Å². The molecule has 11 nitrogen and oxygen atoms in total. The van der Waals surface area contributed by atoms with Crippen LogP contribution in [0.15, 0.2) is 55.0 Å². The number of methoxy groups -OCH3 is 1. The number of nitrogens with zero attached hydrogens (tertiary/aromatic N) is 5. The molecule has 1 saturated heterocycles. The molecular weight excluding hydrogens is 555 g/mol. The number of amides is 2. The lowest BCUT2D eigenvalue weighted by atomic mass is 9.95. The molecule has 4 heterocycles. The van der Waals surface area contributed by atoms with Crippen LogP contribution in [0.5, 0.6) is 0 Å². The monoisotopic (exact) mass is 583 g/mol. The highest BCUT2D eigenvalue weighted by molar-refractivity contribution is 6.04. The number of β-amino-alcohol motifs (C(OH)–C–C–N with tert-alkyl or cyclic N) is 1. The maximum absolute atomic E-state index is 13.0. The largest absolute Gasteiger partial charge is 0.416 e. The molecule has 0 radical (unpaired) electrons. The van der Waals surface area contributed by atoms with Crippen LogP contribution in [0.1, 0.15) is 40.5 Å². The standard InChI is InChI=1S/C28H28F3N7O4/c1-42-11-7-22(40)37-14-18(12-20(39)15-37)26-36-23(24-25(32)34-9-10-38(24)26)16-2-4-17(5-3-16)27(41)35-21-13-19(6-8-33-21)28(29,30)31/h2-6,8-10,13,18,20,39H,7,11-12,14-15H2,1H3,(H2,32,34)(H,33,35,41). The second-order valence-corrected chi connectivity index (χ2v) is 9.94. The third-order valence-corrected chi connectivity index (χ3v) is 7.03. The summed E-state index contributed by atoms with van der Waals surface area (Å²) >= 11 is 0. The number of ether oxygens (including phenoxy) is 1. The number of carbonyl (C=O) groups excluding carboxylic acids is 2. The van der Waals surface area contributed by atoms with Crippen molar-refractivity contribution in [3.8, 4) is 11.3 Å². The molecule has 2 amide bonds. The van der Waals surface area contributed by atoms with E-state index < -0.39 is 23.8 Å². The Morgan fingerprint density at radius 1 is 1.14 bits per heavy atom. The van der Waals surface area contributed by atoms with E-state index in [1.54, 1.807) is 27.6 Å². The predicted molar refractivity (Wildman–Crippen MR) is 146 cm³/mol. The fourth-order valence-corrected chi connectivity index (χ4v) is 5.03. The van der Waals surface area contributed by atoms with Gasteiger partial charge in [-0.2, -0.15) is 13.2 Å². The number of aliphatic hydroxyl groups excluding tert-OH is 1. The van der Waals surface area contributed by atoms with Crippen molar-refractivity contribution < 1.29 is 32.6 Å². The van der Waals surface area contributed by atoms with E-state index in [4.69, 9.17) is 15.5 Å².